The molecule has 0 nitrogen and oxygen atoms in total. The highest BCUT2D eigenvalue weighted by molar-refractivity contribution is 7.25. The summed E-state index contributed by atoms with van der Waals surface area (Å²) in [5.41, 5.74) is 9.97. The third kappa shape index (κ3) is 4.44. The van der Waals surface area contributed by atoms with Gasteiger partial charge in [0.1, 0.15) is 0 Å². The van der Waals surface area contributed by atoms with Crippen LogP contribution in [0.5, 0.6) is 0 Å². The molecule has 45 heavy (non-hydrogen) atoms. The summed E-state index contributed by atoms with van der Waals surface area (Å²) in [5, 5.41) is 7.76. The number of thiophene rings is 1. The molecule has 0 radical (unpaired) electrons. The van der Waals surface area contributed by atoms with E-state index in [4.69, 9.17) is 0 Å². The molecule has 0 atom stereocenters. The van der Waals surface area contributed by atoms with Crippen LogP contribution in [0.25, 0.3) is 86.2 Å². The van der Waals surface area contributed by atoms with Crippen molar-refractivity contribution in [2.24, 2.45) is 0 Å². The summed E-state index contributed by atoms with van der Waals surface area (Å²) < 4.78 is 2.68. The van der Waals surface area contributed by atoms with Gasteiger partial charge in [-0.2, -0.15) is 0 Å². The lowest BCUT2D eigenvalue weighted by molar-refractivity contribution is 1.60. The van der Waals surface area contributed by atoms with Crippen LogP contribution in [0.4, 0.5) is 0 Å². The highest BCUT2D eigenvalue weighted by Crippen LogP contribution is 2.40. The predicted molar refractivity (Wildman–Crippen MR) is 196 cm³/mol. The molecule has 210 valence electrons. The third-order valence-electron chi connectivity index (χ3n) is 9.10. The smallest absolute Gasteiger partial charge is 0.0355 e. The lowest BCUT2D eigenvalue weighted by Crippen LogP contribution is -1.88. The van der Waals surface area contributed by atoms with E-state index < -0.39 is 0 Å². The van der Waals surface area contributed by atoms with Crippen LogP contribution >= 0.6 is 11.3 Å². The molecule has 0 N–H and O–H groups in total. The fraction of sp³-hybridized carbons (Fsp3) is 0. The third-order valence-corrected chi connectivity index (χ3v) is 10.3. The second-order valence-corrected chi connectivity index (χ2v) is 12.8. The average Bonchev–Trinajstić information content (AvgIpc) is 3.49. The molecule has 0 aliphatic heterocycles. The Kier molecular flexibility index (Phi) is 6.11. The van der Waals surface area contributed by atoms with Gasteiger partial charge in [-0.15, -0.1) is 11.3 Å². The zero-order valence-electron chi connectivity index (χ0n) is 24.6. The quantitative estimate of drug-likeness (QED) is 0.192. The highest BCUT2D eigenvalue weighted by Gasteiger charge is 2.12. The zero-order valence-corrected chi connectivity index (χ0v) is 25.4. The molecule has 0 amide bonds. The molecule has 9 rings (SSSR count). The minimum absolute atomic E-state index is 1.23. The molecular weight excluding hydrogens is 561 g/mol. The van der Waals surface area contributed by atoms with Crippen molar-refractivity contribution in [3.05, 3.63) is 170 Å². The van der Waals surface area contributed by atoms with Gasteiger partial charge in [0.25, 0.3) is 0 Å². The van der Waals surface area contributed by atoms with Crippen LogP contribution in [-0.2, 0) is 0 Å². The number of fused-ring (bicyclic) bond motifs is 5. The Morgan fingerprint density at radius 1 is 0.267 bits per heavy atom. The normalized spacial score (nSPS) is 11.6. The van der Waals surface area contributed by atoms with Crippen molar-refractivity contribution in [3.63, 3.8) is 0 Å². The Hall–Kier alpha value is -5.50. The van der Waals surface area contributed by atoms with Crippen molar-refractivity contribution in [2.45, 2.75) is 0 Å². The minimum Gasteiger partial charge on any atom is -0.135 e. The van der Waals surface area contributed by atoms with E-state index in [1.165, 1.54) is 86.2 Å². The van der Waals surface area contributed by atoms with Gasteiger partial charge < -0.3 is 0 Å². The van der Waals surface area contributed by atoms with Gasteiger partial charge in [-0.05, 0) is 90.3 Å². The van der Waals surface area contributed by atoms with Gasteiger partial charge in [0.05, 0.1) is 0 Å². The minimum atomic E-state index is 1.23. The van der Waals surface area contributed by atoms with Gasteiger partial charge in [-0.1, -0.05) is 146 Å². The van der Waals surface area contributed by atoms with E-state index in [9.17, 15) is 0 Å². The summed E-state index contributed by atoms with van der Waals surface area (Å²) in [5.74, 6) is 0. The summed E-state index contributed by atoms with van der Waals surface area (Å²) >= 11 is 1.87. The summed E-state index contributed by atoms with van der Waals surface area (Å²) in [7, 11) is 0. The molecule has 8 aromatic carbocycles. The standard InChI is InChI=1S/C44H28S/c1-2-13-35-30(9-1)10-8-17-36(35)33-11-7-12-34(27-33)38-25-24-37(39-14-3-4-15-40(38)39)31-21-19-29(20-22-31)32-23-26-44-42(28-32)41-16-5-6-18-43(41)45-44/h1-28H. The predicted octanol–water partition coefficient (Wildman–Crippen LogP) is 13.0. The molecule has 0 spiro atoms. The van der Waals surface area contributed by atoms with Crippen LogP contribution in [0.15, 0.2) is 170 Å². The van der Waals surface area contributed by atoms with Gasteiger partial charge in [0.2, 0.25) is 0 Å². The fourth-order valence-electron chi connectivity index (χ4n) is 6.88. The SMILES string of the molecule is c1cc(-c2cccc3ccccc23)cc(-c2ccc(-c3ccc(-c4ccc5sc6ccccc6c5c4)cc3)c3ccccc23)c1. The molecule has 0 aliphatic rings. The van der Waals surface area contributed by atoms with Gasteiger partial charge in [0, 0.05) is 20.2 Å². The van der Waals surface area contributed by atoms with Crippen LogP contribution in [-0.4, -0.2) is 0 Å². The van der Waals surface area contributed by atoms with E-state index in [2.05, 4.69) is 170 Å². The van der Waals surface area contributed by atoms with E-state index in [1.54, 1.807) is 0 Å². The monoisotopic (exact) mass is 588 g/mol. The number of rotatable bonds is 4. The first-order valence-electron chi connectivity index (χ1n) is 15.4. The Balaban J connectivity index is 1.10. The number of hydrogen-bond acceptors (Lipinski definition) is 1. The van der Waals surface area contributed by atoms with E-state index in [0.29, 0.717) is 0 Å². The summed E-state index contributed by atoms with van der Waals surface area (Å²) in [6, 6.07) is 62.2. The Morgan fingerprint density at radius 2 is 0.800 bits per heavy atom. The lowest BCUT2D eigenvalue weighted by atomic mass is 9.90. The maximum absolute atomic E-state index is 2.35. The van der Waals surface area contributed by atoms with Gasteiger partial charge in [0.15, 0.2) is 0 Å². The van der Waals surface area contributed by atoms with Crippen LogP contribution < -0.4 is 0 Å². The largest absolute Gasteiger partial charge is 0.135 e. The second kappa shape index (κ2) is 10.6. The maximum atomic E-state index is 2.35. The van der Waals surface area contributed by atoms with Crippen LogP contribution in [0.2, 0.25) is 0 Å². The Morgan fingerprint density at radius 3 is 1.58 bits per heavy atom. The van der Waals surface area contributed by atoms with Crippen LogP contribution in [0.3, 0.4) is 0 Å². The van der Waals surface area contributed by atoms with E-state index in [1.807, 2.05) is 11.3 Å². The Labute approximate surface area is 266 Å². The average molecular weight is 589 g/mol. The molecule has 0 saturated carbocycles. The van der Waals surface area contributed by atoms with Crippen molar-refractivity contribution in [1.82, 2.24) is 0 Å². The summed E-state index contributed by atoms with van der Waals surface area (Å²) in [6.45, 7) is 0. The van der Waals surface area contributed by atoms with Gasteiger partial charge in [-0.25, -0.2) is 0 Å². The topological polar surface area (TPSA) is 0 Å². The van der Waals surface area contributed by atoms with Crippen LogP contribution in [0.1, 0.15) is 0 Å². The molecule has 0 fully saturated rings. The molecule has 0 unspecified atom stereocenters. The van der Waals surface area contributed by atoms with Gasteiger partial charge in [-0.3, -0.25) is 0 Å². The molecular formula is C44H28S. The van der Waals surface area contributed by atoms with Crippen LogP contribution in [0, 0.1) is 0 Å². The number of hydrogen-bond donors (Lipinski definition) is 0. The zero-order chi connectivity index (χ0) is 29.7. The Bertz CT molecular complexity index is 2530. The molecule has 0 bridgehead atoms. The van der Waals surface area contributed by atoms with Crippen molar-refractivity contribution in [1.29, 1.82) is 0 Å². The molecule has 1 heteroatoms. The fourth-order valence-corrected chi connectivity index (χ4v) is 7.97. The summed E-state index contributed by atoms with van der Waals surface area (Å²) in [6.07, 6.45) is 0. The van der Waals surface area contributed by atoms with Gasteiger partial charge >= 0.3 is 0 Å². The highest BCUT2D eigenvalue weighted by atomic mass is 32.1. The van der Waals surface area contributed by atoms with E-state index >= 15 is 0 Å². The first-order chi connectivity index (χ1) is 22.3. The molecule has 0 aliphatic carbocycles. The first kappa shape index (κ1) is 25.9. The number of benzene rings is 8. The van der Waals surface area contributed by atoms with Crippen molar-refractivity contribution >= 4 is 53.1 Å². The van der Waals surface area contributed by atoms with E-state index in [0.717, 1.165) is 0 Å². The van der Waals surface area contributed by atoms with Crippen molar-refractivity contribution in [3.8, 4) is 44.5 Å². The summed E-state index contributed by atoms with van der Waals surface area (Å²) in [4.78, 5) is 0. The molecule has 1 heterocycles. The molecule has 1 aromatic heterocycles. The first-order valence-corrected chi connectivity index (χ1v) is 16.2. The molecule has 0 saturated heterocycles. The van der Waals surface area contributed by atoms with Crippen molar-refractivity contribution in [2.75, 3.05) is 0 Å². The molecule has 9 aromatic rings. The van der Waals surface area contributed by atoms with E-state index in [-0.39, 0.29) is 0 Å². The lowest BCUT2D eigenvalue weighted by Gasteiger charge is -2.14. The second-order valence-electron chi connectivity index (χ2n) is 11.7. The maximum Gasteiger partial charge on any atom is 0.0355 e. The van der Waals surface area contributed by atoms with Crippen molar-refractivity contribution < 1.29 is 0 Å².